The van der Waals surface area contributed by atoms with E-state index in [2.05, 4.69) is 10.5 Å². The highest BCUT2D eigenvalue weighted by Crippen LogP contribution is 2.31. The van der Waals surface area contributed by atoms with Crippen molar-refractivity contribution < 1.29 is 18.0 Å². The first kappa shape index (κ1) is 16.6. The minimum Gasteiger partial charge on any atom is -0.271 e. The largest absolute Gasteiger partial charge is 0.271 e. The summed E-state index contributed by atoms with van der Waals surface area (Å²) in [6.45, 7) is 3.82. The van der Waals surface area contributed by atoms with Gasteiger partial charge in [-0.15, -0.1) is 0 Å². The molecule has 0 saturated carbocycles. The van der Waals surface area contributed by atoms with Gasteiger partial charge in [0, 0.05) is 5.69 Å². The van der Waals surface area contributed by atoms with Gasteiger partial charge in [0.1, 0.15) is 6.61 Å². The van der Waals surface area contributed by atoms with E-state index in [1.165, 1.54) is 0 Å². The molecule has 7 heteroatoms. The minimum atomic E-state index is -3.67. The summed E-state index contributed by atoms with van der Waals surface area (Å²) in [5.41, 5.74) is 5.38. The van der Waals surface area contributed by atoms with Crippen molar-refractivity contribution >= 4 is 15.7 Å². The van der Waals surface area contributed by atoms with E-state index in [1.807, 2.05) is 26.0 Å². The predicted molar refractivity (Wildman–Crippen MR) is 87.8 cm³/mol. The molecule has 1 unspecified atom stereocenters. The van der Waals surface area contributed by atoms with E-state index in [4.69, 9.17) is 4.84 Å². The lowest BCUT2D eigenvalue weighted by molar-refractivity contribution is -0.134. The van der Waals surface area contributed by atoms with Crippen LogP contribution in [0.4, 0.5) is 0 Å². The van der Waals surface area contributed by atoms with Crippen molar-refractivity contribution in [2.45, 2.75) is 37.0 Å². The Morgan fingerprint density at radius 2 is 2.08 bits per heavy atom. The van der Waals surface area contributed by atoms with Gasteiger partial charge in [-0.3, -0.25) is 14.6 Å². The molecule has 2 heterocycles. The number of nitrogens with one attached hydrogen (secondary N) is 1. The van der Waals surface area contributed by atoms with Crippen molar-refractivity contribution in [2.75, 3.05) is 0 Å². The van der Waals surface area contributed by atoms with Gasteiger partial charge in [-0.25, -0.2) is 13.9 Å². The Labute approximate surface area is 140 Å². The zero-order chi connectivity index (χ0) is 17.3. The maximum Gasteiger partial charge on any atom is 0.262 e. The number of amides is 1. The van der Waals surface area contributed by atoms with Crippen LogP contribution in [0, 0.1) is 13.8 Å². The number of nitrogens with zero attached hydrogens (tertiary/aromatic N) is 1. The average Bonchev–Trinajstić information content (AvgIpc) is 2.78. The normalized spacial score (nSPS) is 18.2. The summed E-state index contributed by atoms with van der Waals surface area (Å²) in [4.78, 5) is 21.8. The fourth-order valence-electron chi connectivity index (χ4n) is 2.77. The molecule has 1 aromatic heterocycles. The van der Waals surface area contributed by atoms with Gasteiger partial charge < -0.3 is 0 Å². The summed E-state index contributed by atoms with van der Waals surface area (Å²) in [6.07, 6.45) is 0.164. The van der Waals surface area contributed by atoms with E-state index < -0.39 is 21.0 Å². The molecule has 1 atom stereocenters. The Balaban J connectivity index is 1.66. The van der Waals surface area contributed by atoms with Crippen LogP contribution in [-0.2, 0) is 32.5 Å². The average molecular weight is 346 g/mol. The van der Waals surface area contributed by atoms with Gasteiger partial charge >= 0.3 is 0 Å². The highest BCUT2D eigenvalue weighted by atomic mass is 32.2. The molecule has 24 heavy (non-hydrogen) atoms. The second-order valence-electron chi connectivity index (χ2n) is 5.87. The summed E-state index contributed by atoms with van der Waals surface area (Å²) in [5, 5.41) is -1.15. The molecule has 0 spiro atoms. The molecule has 0 fully saturated rings. The third-order valence-electron chi connectivity index (χ3n) is 3.93. The van der Waals surface area contributed by atoms with Gasteiger partial charge in [-0.05, 0) is 44.0 Å². The molecule has 1 N–H and O–H groups in total. The molecule has 0 bridgehead atoms. The smallest absolute Gasteiger partial charge is 0.262 e. The van der Waals surface area contributed by atoms with Crippen LogP contribution in [-0.4, -0.2) is 24.6 Å². The number of pyridine rings is 1. The number of carbonyl (C=O) groups is 1. The van der Waals surface area contributed by atoms with Crippen molar-refractivity contribution in [1.82, 2.24) is 10.5 Å². The first-order valence-electron chi connectivity index (χ1n) is 7.55. The molecule has 0 radical (unpaired) electrons. The molecular formula is C17H18N2O4S. The second-order valence-corrected chi connectivity index (χ2v) is 7.97. The molecular weight excluding hydrogens is 328 g/mol. The van der Waals surface area contributed by atoms with E-state index in [0.29, 0.717) is 11.3 Å². The van der Waals surface area contributed by atoms with E-state index >= 15 is 0 Å². The molecule has 0 aliphatic carbocycles. The molecule has 0 saturated heterocycles. The third-order valence-corrected chi connectivity index (χ3v) is 6.07. The molecule has 2 aromatic rings. The third kappa shape index (κ3) is 3.18. The summed E-state index contributed by atoms with van der Waals surface area (Å²) in [5.74, 6) is -0.656. The number of hydrogen-bond acceptors (Lipinski definition) is 5. The van der Waals surface area contributed by atoms with Crippen molar-refractivity contribution in [1.29, 1.82) is 0 Å². The van der Waals surface area contributed by atoms with Crippen LogP contribution in [0.3, 0.4) is 0 Å². The first-order valence-corrected chi connectivity index (χ1v) is 9.10. The fraction of sp³-hybridized carbons (Fsp3) is 0.294. The molecule has 1 amide bonds. The number of hydrogen-bond donors (Lipinski definition) is 1. The van der Waals surface area contributed by atoms with Crippen LogP contribution in [0.5, 0.6) is 0 Å². The van der Waals surface area contributed by atoms with Crippen LogP contribution in [0.25, 0.3) is 0 Å². The van der Waals surface area contributed by atoms with Crippen molar-refractivity contribution in [2.24, 2.45) is 0 Å². The van der Waals surface area contributed by atoms with Crippen LogP contribution < -0.4 is 5.48 Å². The summed E-state index contributed by atoms with van der Waals surface area (Å²) in [6, 6.07) is 10.6. The summed E-state index contributed by atoms with van der Waals surface area (Å²) < 4.78 is 25.0. The van der Waals surface area contributed by atoms with Crippen molar-refractivity contribution in [3.63, 3.8) is 0 Å². The Hall–Kier alpha value is -2.25. The maximum absolute atomic E-state index is 12.5. The topological polar surface area (TPSA) is 85.4 Å². The number of carbonyl (C=O) groups excluding carboxylic acids is 1. The van der Waals surface area contributed by atoms with Crippen LogP contribution in [0.15, 0.2) is 41.3 Å². The fourth-order valence-corrected chi connectivity index (χ4v) is 4.57. The zero-order valence-corrected chi connectivity index (χ0v) is 14.3. The number of hydroxylamine groups is 1. The summed E-state index contributed by atoms with van der Waals surface area (Å²) >= 11 is 0. The van der Waals surface area contributed by atoms with Crippen LogP contribution >= 0.6 is 0 Å². The van der Waals surface area contributed by atoms with Crippen molar-refractivity contribution in [3.8, 4) is 0 Å². The number of fused-ring (bicyclic) bond motifs is 1. The van der Waals surface area contributed by atoms with Gasteiger partial charge in [0.2, 0.25) is 0 Å². The van der Waals surface area contributed by atoms with E-state index in [0.717, 1.165) is 11.3 Å². The summed E-state index contributed by atoms with van der Waals surface area (Å²) in [7, 11) is -3.67. The molecule has 1 aliphatic heterocycles. The Morgan fingerprint density at radius 1 is 1.29 bits per heavy atom. The molecule has 1 aliphatic rings. The zero-order valence-electron chi connectivity index (χ0n) is 13.4. The standard InChI is InChI=1S/C17H18N2O4S/c1-11-6-7-15-13(8-11)9-16(24(15,21)22)17(20)19-23-10-14-5-3-4-12(2)18-14/h3-8,16H,9-10H2,1-2H3,(H,19,20). The Bertz CT molecular complexity index is 893. The highest BCUT2D eigenvalue weighted by Gasteiger charge is 2.41. The highest BCUT2D eigenvalue weighted by molar-refractivity contribution is 7.93. The number of benzene rings is 1. The second kappa shape index (κ2) is 6.33. The van der Waals surface area contributed by atoms with Crippen molar-refractivity contribution in [3.05, 3.63) is 58.9 Å². The Morgan fingerprint density at radius 3 is 2.83 bits per heavy atom. The predicted octanol–water partition coefficient (Wildman–Crippen LogP) is 1.64. The SMILES string of the molecule is Cc1ccc2c(c1)CC(C(=O)NOCc1cccc(C)n1)S2(=O)=O. The molecule has 3 rings (SSSR count). The number of sulfone groups is 1. The van der Waals surface area contributed by atoms with Crippen LogP contribution in [0.2, 0.25) is 0 Å². The minimum absolute atomic E-state index is 0.0756. The van der Waals surface area contributed by atoms with Gasteiger partial charge in [-0.1, -0.05) is 23.8 Å². The number of rotatable bonds is 4. The lowest BCUT2D eigenvalue weighted by Crippen LogP contribution is -2.38. The monoisotopic (exact) mass is 346 g/mol. The molecule has 126 valence electrons. The van der Waals surface area contributed by atoms with Gasteiger partial charge in [-0.2, -0.15) is 0 Å². The van der Waals surface area contributed by atoms with Gasteiger partial charge in [0.25, 0.3) is 5.91 Å². The Kier molecular flexibility index (Phi) is 4.38. The number of aromatic nitrogens is 1. The van der Waals surface area contributed by atoms with E-state index in [9.17, 15) is 13.2 Å². The van der Waals surface area contributed by atoms with Gasteiger partial charge in [0.05, 0.1) is 10.6 Å². The maximum atomic E-state index is 12.5. The van der Waals surface area contributed by atoms with Gasteiger partial charge in [0.15, 0.2) is 15.1 Å². The van der Waals surface area contributed by atoms with Crippen LogP contribution in [0.1, 0.15) is 22.5 Å². The van der Waals surface area contributed by atoms with E-state index in [1.54, 1.807) is 24.3 Å². The first-order chi connectivity index (χ1) is 11.4. The molecule has 6 nitrogen and oxygen atoms in total. The lowest BCUT2D eigenvalue weighted by Gasteiger charge is -2.10. The van der Waals surface area contributed by atoms with E-state index in [-0.39, 0.29) is 17.9 Å². The molecule has 1 aromatic carbocycles. The lowest BCUT2D eigenvalue weighted by atomic mass is 10.1. The quantitative estimate of drug-likeness (QED) is 0.851. The number of aryl methyl sites for hydroxylation is 2.